The molecule has 6 nitrogen and oxygen atoms in total. The number of carbonyl (C=O) groups is 2. The highest BCUT2D eigenvalue weighted by molar-refractivity contribution is 7.13. The molecular weight excluding hydrogens is 374 g/mol. The highest BCUT2D eigenvalue weighted by atomic mass is 32.1. The summed E-state index contributed by atoms with van der Waals surface area (Å²) in [4.78, 5) is 25.0. The monoisotopic (exact) mass is 389 g/mol. The lowest BCUT2D eigenvalue weighted by atomic mass is 10.2. The Kier molecular flexibility index (Phi) is 4.74. The van der Waals surface area contributed by atoms with Gasteiger partial charge in [0.15, 0.2) is 5.69 Å². The number of esters is 1. The number of thiophene rings is 1. The standard InChI is InChI=1S/C21H15N3O3S/c22-20(25)14-8-10-16(11-9-14)27-21(26)18-13-17(19-7-4-12-28-19)23-24(18)15-5-2-1-3-6-15/h1-13H,(H2,22,25). The average molecular weight is 389 g/mol. The fourth-order valence-electron chi connectivity index (χ4n) is 2.68. The van der Waals surface area contributed by atoms with Gasteiger partial charge in [0.25, 0.3) is 0 Å². The first kappa shape index (κ1) is 17.7. The number of para-hydroxylation sites is 1. The summed E-state index contributed by atoms with van der Waals surface area (Å²) in [5, 5.41) is 6.54. The molecule has 0 aliphatic heterocycles. The van der Waals surface area contributed by atoms with Crippen molar-refractivity contribution in [3.05, 3.63) is 89.4 Å². The zero-order valence-electron chi connectivity index (χ0n) is 14.6. The smallest absolute Gasteiger partial charge is 0.362 e. The number of hydrogen-bond acceptors (Lipinski definition) is 5. The molecule has 4 rings (SSSR count). The molecule has 0 fully saturated rings. The van der Waals surface area contributed by atoms with E-state index < -0.39 is 11.9 Å². The highest BCUT2D eigenvalue weighted by Gasteiger charge is 2.20. The van der Waals surface area contributed by atoms with Crippen LogP contribution in [-0.2, 0) is 0 Å². The molecular formula is C21H15N3O3S. The molecule has 2 aromatic carbocycles. The summed E-state index contributed by atoms with van der Waals surface area (Å²) in [6, 6.07) is 21.0. The SMILES string of the molecule is NC(=O)c1ccc(OC(=O)c2cc(-c3cccs3)nn2-c2ccccc2)cc1. The molecule has 0 radical (unpaired) electrons. The lowest BCUT2D eigenvalue weighted by molar-refractivity contribution is 0.0725. The van der Waals surface area contributed by atoms with Crippen molar-refractivity contribution >= 4 is 23.2 Å². The van der Waals surface area contributed by atoms with Crippen molar-refractivity contribution in [2.45, 2.75) is 0 Å². The molecule has 0 bridgehead atoms. The third-order valence-corrected chi connectivity index (χ3v) is 4.93. The Labute approximate surface area is 164 Å². The lowest BCUT2D eigenvalue weighted by Gasteiger charge is -2.07. The van der Waals surface area contributed by atoms with Crippen LogP contribution in [0.2, 0.25) is 0 Å². The average Bonchev–Trinajstić information content (AvgIpc) is 3.39. The zero-order chi connectivity index (χ0) is 19.5. The Morgan fingerprint density at radius 2 is 1.71 bits per heavy atom. The van der Waals surface area contributed by atoms with Crippen LogP contribution in [0.4, 0.5) is 0 Å². The third kappa shape index (κ3) is 3.56. The van der Waals surface area contributed by atoms with E-state index in [0.717, 1.165) is 10.6 Å². The number of primary amides is 1. The maximum atomic E-state index is 12.8. The van der Waals surface area contributed by atoms with E-state index in [9.17, 15) is 9.59 Å². The van der Waals surface area contributed by atoms with Gasteiger partial charge in [-0.3, -0.25) is 4.79 Å². The molecule has 4 aromatic rings. The largest absolute Gasteiger partial charge is 0.422 e. The number of amides is 1. The van der Waals surface area contributed by atoms with Gasteiger partial charge in [-0.05, 0) is 47.8 Å². The van der Waals surface area contributed by atoms with Gasteiger partial charge in [-0.1, -0.05) is 24.3 Å². The van der Waals surface area contributed by atoms with Crippen LogP contribution in [0.3, 0.4) is 0 Å². The van der Waals surface area contributed by atoms with Crippen LogP contribution in [0.1, 0.15) is 20.8 Å². The maximum Gasteiger partial charge on any atom is 0.362 e. The molecule has 0 saturated heterocycles. The summed E-state index contributed by atoms with van der Waals surface area (Å²) in [7, 11) is 0. The van der Waals surface area contributed by atoms with E-state index in [2.05, 4.69) is 5.10 Å². The van der Waals surface area contributed by atoms with Gasteiger partial charge in [0.05, 0.1) is 10.6 Å². The first-order valence-corrected chi connectivity index (χ1v) is 9.31. The minimum absolute atomic E-state index is 0.300. The number of nitrogens with zero attached hydrogens (tertiary/aromatic N) is 2. The molecule has 2 N–H and O–H groups in total. The molecule has 28 heavy (non-hydrogen) atoms. The molecule has 2 heterocycles. The van der Waals surface area contributed by atoms with Gasteiger partial charge in [-0.25, -0.2) is 9.48 Å². The molecule has 0 spiro atoms. The fourth-order valence-corrected chi connectivity index (χ4v) is 3.37. The second-order valence-electron chi connectivity index (χ2n) is 5.92. The Balaban J connectivity index is 1.69. The second-order valence-corrected chi connectivity index (χ2v) is 6.87. The Hall–Kier alpha value is -3.71. The number of aromatic nitrogens is 2. The van der Waals surface area contributed by atoms with Crippen LogP contribution < -0.4 is 10.5 Å². The number of carbonyl (C=O) groups excluding carboxylic acids is 2. The quantitative estimate of drug-likeness (QED) is 0.414. The first-order valence-electron chi connectivity index (χ1n) is 8.43. The van der Waals surface area contributed by atoms with Crippen molar-refractivity contribution in [2.75, 3.05) is 0 Å². The molecule has 0 aliphatic rings. The molecule has 138 valence electrons. The molecule has 1 amide bonds. The van der Waals surface area contributed by atoms with E-state index in [1.54, 1.807) is 22.1 Å². The van der Waals surface area contributed by atoms with Gasteiger partial charge in [-0.2, -0.15) is 5.10 Å². The number of nitrogens with two attached hydrogens (primary N) is 1. The van der Waals surface area contributed by atoms with Gasteiger partial charge in [0.1, 0.15) is 11.4 Å². The normalized spacial score (nSPS) is 10.6. The molecule has 0 unspecified atom stereocenters. The van der Waals surface area contributed by atoms with Crippen molar-refractivity contribution in [3.8, 4) is 22.0 Å². The van der Waals surface area contributed by atoms with Crippen LogP contribution in [0.25, 0.3) is 16.3 Å². The van der Waals surface area contributed by atoms with E-state index in [4.69, 9.17) is 10.5 Å². The summed E-state index contributed by atoms with van der Waals surface area (Å²) >= 11 is 1.54. The first-order chi connectivity index (χ1) is 13.6. The summed E-state index contributed by atoms with van der Waals surface area (Å²) in [5.74, 6) is -0.778. The second kappa shape index (κ2) is 7.50. The van der Waals surface area contributed by atoms with E-state index in [1.165, 1.54) is 24.3 Å². The van der Waals surface area contributed by atoms with Crippen LogP contribution >= 0.6 is 11.3 Å². The van der Waals surface area contributed by atoms with E-state index in [-0.39, 0.29) is 0 Å². The number of rotatable bonds is 5. The summed E-state index contributed by atoms with van der Waals surface area (Å²) in [5.41, 5.74) is 7.31. The van der Waals surface area contributed by atoms with Gasteiger partial charge < -0.3 is 10.5 Å². The van der Waals surface area contributed by atoms with Gasteiger partial charge in [-0.15, -0.1) is 11.3 Å². The van der Waals surface area contributed by atoms with Gasteiger partial charge in [0.2, 0.25) is 5.91 Å². The number of hydrogen-bond donors (Lipinski definition) is 1. The van der Waals surface area contributed by atoms with E-state index in [1.807, 2.05) is 47.8 Å². The minimum atomic E-state index is -0.550. The molecule has 2 aromatic heterocycles. The maximum absolute atomic E-state index is 12.8. The summed E-state index contributed by atoms with van der Waals surface area (Å²) in [6.07, 6.45) is 0. The molecule has 0 atom stereocenters. The third-order valence-electron chi connectivity index (χ3n) is 4.04. The zero-order valence-corrected chi connectivity index (χ0v) is 15.4. The van der Waals surface area contributed by atoms with Crippen molar-refractivity contribution < 1.29 is 14.3 Å². The van der Waals surface area contributed by atoms with Crippen molar-refractivity contribution in [1.82, 2.24) is 9.78 Å². The Morgan fingerprint density at radius 3 is 2.36 bits per heavy atom. The van der Waals surface area contributed by atoms with Crippen molar-refractivity contribution in [3.63, 3.8) is 0 Å². The predicted octanol–water partition coefficient (Wildman–Crippen LogP) is 3.92. The fraction of sp³-hybridized carbons (Fsp3) is 0. The minimum Gasteiger partial charge on any atom is -0.422 e. The number of ether oxygens (including phenoxy) is 1. The summed E-state index contributed by atoms with van der Waals surface area (Å²) in [6.45, 7) is 0. The lowest BCUT2D eigenvalue weighted by Crippen LogP contribution is -2.15. The van der Waals surface area contributed by atoms with E-state index >= 15 is 0 Å². The van der Waals surface area contributed by atoms with Gasteiger partial charge >= 0.3 is 5.97 Å². The summed E-state index contributed by atoms with van der Waals surface area (Å²) < 4.78 is 7.04. The topological polar surface area (TPSA) is 87.2 Å². The van der Waals surface area contributed by atoms with Crippen LogP contribution in [0.5, 0.6) is 5.75 Å². The molecule has 0 aliphatic carbocycles. The number of benzene rings is 2. The Morgan fingerprint density at radius 1 is 0.964 bits per heavy atom. The molecule has 0 saturated carbocycles. The highest BCUT2D eigenvalue weighted by Crippen LogP contribution is 2.26. The van der Waals surface area contributed by atoms with Crippen molar-refractivity contribution in [2.24, 2.45) is 5.73 Å². The van der Waals surface area contributed by atoms with Crippen LogP contribution in [0, 0.1) is 0 Å². The van der Waals surface area contributed by atoms with Gasteiger partial charge in [0, 0.05) is 11.6 Å². The Bertz CT molecular complexity index is 1120. The van der Waals surface area contributed by atoms with Crippen LogP contribution in [0.15, 0.2) is 78.2 Å². The van der Waals surface area contributed by atoms with Crippen LogP contribution in [-0.4, -0.2) is 21.7 Å². The van der Waals surface area contributed by atoms with Crippen molar-refractivity contribution in [1.29, 1.82) is 0 Å². The van der Waals surface area contributed by atoms with E-state index in [0.29, 0.717) is 22.7 Å². The predicted molar refractivity (Wildman–Crippen MR) is 107 cm³/mol. The molecule has 7 heteroatoms.